The van der Waals surface area contributed by atoms with Gasteiger partial charge in [-0.2, -0.15) is 0 Å². The fourth-order valence-electron chi connectivity index (χ4n) is 4.85. The SMILES string of the molecule is COc1ccc([C@H]2[C@@H]3CN(c4nc(C)c(C)cc4C(N)=O)C[C@@H]3CN2C)cc1. The number of pyridine rings is 1. The van der Waals surface area contributed by atoms with Gasteiger partial charge in [0.15, 0.2) is 0 Å². The molecule has 2 aromatic rings. The smallest absolute Gasteiger partial charge is 0.252 e. The third kappa shape index (κ3) is 3.11. The van der Waals surface area contributed by atoms with Crippen LogP contribution in [-0.4, -0.2) is 49.6 Å². The van der Waals surface area contributed by atoms with Crippen molar-refractivity contribution in [3.8, 4) is 5.75 Å². The van der Waals surface area contributed by atoms with Crippen molar-refractivity contribution in [2.75, 3.05) is 38.7 Å². The maximum Gasteiger partial charge on any atom is 0.252 e. The Morgan fingerprint density at radius 3 is 2.54 bits per heavy atom. The zero-order valence-electron chi connectivity index (χ0n) is 17.0. The average molecular weight is 380 g/mol. The first-order chi connectivity index (χ1) is 13.4. The van der Waals surface area contributed by atoms with Gasteiger partial charge in [0, 0.05) is 37.3 Å². The molecule has 1 amide bonds. The van der Waals surface area contributed by atoms with E-state index in [0.717, 1.165) is 42.5 Å². The number of hydrogen-bond donors (Lipinski definition) is 1. The molecule has 6 heteroatoms. The van der Waals surface area contributed by atoms with E-state index in [9.17, 15) is 4.79 Å². The van der Waals surface area contributed by atoms with Gasteiger partial charge >= 0.3 is 0 Å². The largest absolute Gasteiger partial charge is 0.497 e. The van der Waals surface area contributed by atoms with Crippen LogP contribution in [0.25, 0.3) is 0 Å². The van der Waals surface area contributed by atoms with Crippen LogP contribution < -0.4 is 15.4 Å². The number of benzene rings is 1. The molecule has 2 aliphatic rings. The van der Waals surface area contributed by atoms with Crippen LogP contribution in [0.15, 0.2) is 30.3 Å². The number of ether oxygens (including phenoxy) is 1. The number of carbonyl (C=O) groups excluding carboxylic acids is 1. The van der Waals surface area contributed by atoms with Crippen LogP contribution in [0.2, 0.25) is 0 Å². The third-order valence-corrected chi connectivity index (χ3v) is 6.36. The Hall–Kier alpha value is -2.60. The highest BCUT2D eigenvalue weighted by atomic mass is 16.5. The molecule has 2 aliphatic heterocycles. The lowest BCUT2D eigenvalue weighted by Gasteiger charge is -2.28. The molecule has 0 aliphatic carbocycles. The highest BCUT2D eigenvalue weighted by Crippen LogP contribution is 2.45. The van der Waals surface area contributed by atoms with Gasteiger partial charge in [0.2, 0.25) is 0 Å². The van der Waals surface area contributed by atoms with Crippen LogP contribution in [0, 0.1) is 25.7 Å². The molecule has 0 spiro atoms. The molecule has 4 rings (SSSR count). The molecule has 148 valence electrons. The molecular formula is C22H28N4O2. The van der Waals surface area contributed by atoms with E-state index in [1.54, 1.807) is 7.11 Å². The number of amides is 1. The van der Waals surface area contributed by atoms with Crippen molar-refractivity contribution in [3.63, 3.8) is 0 Å². The van der Waals surface area contributed by atoms with Crippen LogP contribution in [-0.2, 0) is 0 Å². The van der Waals surface area contributed by atoms with Crippen LogP contribution in [0.3, 0.4) is 0 Å². The molecule has 2 saturated heterocycles. The quantitative estimate of drug-likeness (QED) is 0.883. The first kappa shape index (κ1) is 18.7. The molecule has 0 radical (unpaired) electrons. The van der Waals surface area contributed by atoms with Crippen molar-refractivity contribution in [3.05, 3.63) is 52.7 Å². The second-order valence-electron chi connectivity index (χ2n) is 8.11. The predicted molar refractivity (Wildman–Crippen MR) is 110 cm³/mol. The fraction of sp³-hybridized carbons (Fsp3) is 0.455. The summed E-state index contributed by atoms with van der Waals surface area (Å²) in [6.07, 6.45) is 0. The van der Waals surface area contributed by atoms with Gasteiger partial charge in [0.25, 0.3) is 5.91 Å². The van der Waals surface area contributed by atoms with Gasteiger partial charge < -0.3 is 15.4 Å². The Morgan fingerprint density at radius 1 is 1.18 bits per heavy atom. The van der Waals surface area contributed by atoms with Crippen molar-refractivity contribution < 1.29 is 9.53 Å². The van der Waals surface area contributed by atoms with Crippen molar-refractivity contribution in [1.82, 2.24) is 9.88 Å². The summed E-state index contributed by atoms with van der Waals surface area (Å²) in [4.78, 5) is 21.5. The molecule has 2 fully saturated rings. The zero-order valence-corrected chi connectivity index (χ0v) is 17.0. The van der Waals surface area contributed by atoms with Gasteiger partial charge in [-0.3, -0.25) is 9.69 Å². The molecule has 1 aromatic carbocycles. The highest BCUT2D eigenvalue weighted by Gasteiger charge is 2.46. The molecule has 6 nitrogen and oxygen atoms in total. The number of likely N-dealkylation sites (tertiary alicyclic amines) is 1. The highest BCUT2D eigenvalue weighted by molar-refractivity contribution is 5.98. The lowest BCUT2D eigenvalue weighted by Crippen LogP contribution is -2.31. The van der Waals surface area contributed by atoms with Crippen molar-refractivity contribution in [2.24, 2.45) is 17.6 Å². The number of fused-ring (bicyclic) bond motifs is 1. The Balaban J connectivity index is 1.63. The lowest BCUT2D eigenvalue weighted by molar-refractivity contribution is 0.100. The monoisotopic (exact) mass is 380 g/mol. The predicted octanol–water partition coefficient (Wildman–Crippen LogP) is 2.55. The molecule has 1 aromatic heterocycles. The number of carbonyl (C=O) groups is 1. The number of anilines is 1. The molecule has 3 heterocycles. The summed E-state index contributed by atoms with van der Waals surface area (Å²) in [5, 5.41) is 0. The third-order valence-electron chi connectivity index (χ3n) is 6.36. The summed E-state index contributed by atoms with van der Waals surface area (Å²) in [6.45, 7) is 6.76. The van der Waals surface area contributed by atoms with Gasteiger partial charge in [-0.15, -0.1) is 0 Å². The first-order valence-corrected chi connectivity index (χ1v) is 9.76. The van der Waals surface area contributed by atoms with E-state index in [1.807, 2.05) is 32.0 Å². The fourth-order valence-corrected chi connectivity index (χ4v) is 4.85. The van der Waals surface area contributed by atoms with Crippen molar-refractivity contribution in [1.29, 1.82) is 0 Å². The number of primary amides is 1. The van der Waals surface area contributed by atoms with E-state index < -0.39 is 5.91 Å². The molecule has 3 atom stereocenters. The Kier molecular flexibility index (Phi) is 4.75. The summed E-state index contributed by atoms with van der Waals surface area (Å²) in [5.74, 6) is 2.23. The molecule has 0 unspecified atom stereocenters. The molecule has 28 heavy (non-hydrogen) atoms. The average Bonchev–Trinajstić information content (AvgIpc) is 3.20. The van der Waals surface area contributed by atoms with Crippen LogP contribution in [0.5, 0.6) is 5.75 Å². The van der Waals surface area contributed by atoms with Gasteiger partial charge in [-0.05, 0) is 56.1 Å². The van der Waals surface area contributed by atoms with Crippen LogP contribution >= 0.6 is 0 Å². The minimum atomic E-state index is -0.411. The Labute approximate surface area is 166 Å². The van der Waals surface area contributed by atoms with Crippen LogP contribution in [0.1, 0.15) is 33.2 Å². The maximum atomic E-state index is 12.0. The number of hydrogen-bond acceptors (Lipinski definition) is 5. The van der Waals surface area contributed by atoms with Crippen molar-refractivity contribution in [2.45, 2.75) is 19.9 Å². The number of methoxy groups -OCH3 is 1. The van der Waals surface area contributed by atoms with Crippen LogP contribution in [0.4, 0.5) is 5.82 Å². The number of aromatic nitrogens is 1. The standard InChI is InChI=1S/C22H28N4O2/c1-13-9-18(21(23)27)22(24-14(13)2)26-11-16-10-25(3)20(19(16)12-26)15-5-7-17(28-4)8-6-15/h5-9,16,19-20H,10-12H2,1-4H3,(H2,23,27)/t16-,19+,20-/m0/s1. The summed E-state index contributed by atoms with van der Waals surface area (Å²) < 4.78 is 5.30. The Bertz CT molecular complexity index is 896. The molecule has 0 bridgehead atoms. The Morgan fingerprint density at radius 2 is 1.89 bits per heavy atom. The zero-order chi connectivity index (χ0) is 20.0. The van der Waals surface area contributed by atoms with Gasteiger partial charge in [-0.25, -0.2) is 4.98 Å². The number of aryl methyl sites for hydroxylation is 2. The maximum absolute atomic E-state index is 12.0. The molecule has 2 N–H and O–H groups in total. The first-order valence-electron chi connectivity index (χ1n) is 9.76. The summed E-state index contributed by atoms with van der Waals surface area (Å²) in [5.41, 5.74) is 9.43. The van der Waals surface area contributed by atoms with E-state index in [-0.39, 0.29) is 0 Å². The van der Waals surface area contributed by atoms with Gasteiger partial charge in [0.1, 0.15) is 11.6 Å². The van der Waals surface area contributed by atoms with E-state index in [2.05, 4.69) is 29.0 Å². The summed E-state index contributed by atoms with van der Waals surface area (Å²) in [6, 6.07) is 10.6. The second kappa shape index (κ2) is 7.09. The molecule has 0 saturated carbocycles. The second-order valence-corrected chi connectivity index (χ2v) is 8.11. The van der Waals surface area contributed by atoms with E-state index in [1.165, 1.54) is 5.56 Å². The van der Waals surface area contributed by atoms with E-state index >= 15 is 0 Å². The number of nitrogens with two attached hydrogens (primary N) is 1. The topological polar surface area (TPSA) is 71.7 Å². The lowest BCUT2D eigenvalue weighted by atomic mass is 9.89. The minimum absolute atomic E-state index is 0.351. The van der Waals surface area contributed by atoms with Crippen molar-refractivity contribution >= 4 is 11.7 Å². The van der Waals surface area contributed by atoms with Gasteiger partial charge in [0.05, 0.1) is 12.7 Å². The van der Waals surface area contributed by atoms with E-state index in [0.29, 0.717) is 23.4 Å². The summed E-state index contributed by atoms with van der Waals surface area (Å²) in [7, 11) is 3.88. The molecular weight excluding hydrogens is 352 g/mol. The van der Waals surface area contributed by atoms with Gasteiger partial charge in [-0.1, -0.05) is 12.1 Å². The number of rotatable bonds is 4. The number of nitrogens with zero attached hydrogens (tertiary/aromatic N) is 3. The summed E-state index contributed by atoms with van der Waals surface area (Å²) >= 11 is 0. The van der Waals surface area contributed by atoms with E-state index in [4.69, 9.17) is 15.5 Å². The minimum Gasteiger partial charge on any atom is -0.497 e. The normalized spacial score (nSPS) is 24.4.